The minimum atomic E-state index is -4.25. The van der Waals surface area contributed by atoms with Gasteiger partial charge in [-0.3, -0.25) is 9.59 Å². The van der Waals surface area contributed by atoms with Gasteiger partial charge < -0.3 is 10.6 Å². The van der Waals surface area contributed by atoms with E-state index in [2.05, 4.69) is 10.6 Å². The van der Waals surface area contributed by atoms with Crippen LogP contribution in [0, 0.1) is 23.4 Å². The zero-order valence-electron chi connectivity index (χ0n) is 16.5. The maximum Gasteiger partial charge on any atom is 0.254 e. The van der Waals surface area contributed by atoms with E-state index in [0.29, 0.717) is 6.07 Å². The fraction of sp³-hybridized carbons (Fsp3) is 0.300. The molecule has 0 unspecified atom stereocenters. The first-order chi connectivity index (χ1) is 14.6. The van der Waals surface area contributed by atoms with Crippen molar-refractivity contribution in [1.29, 1.82) is 0 Å². The van der Waals surface area contributed by atoms with Crippen LogP contribution in [-0.2, 0) is 14.8 Å². The Hall–Kier alpha value is -2.92. The van der Waals surface area contributed by atoms with Gasteiger partial charge in [-0.15, -0.1) is 0 Å². The van der Waals surface area contributed by atoms with Crippen LogP contribution in [0.4, 0.5) is 18.9 Å². The molecule has 0 spiro atoms. The summed E-state index contributed by atoms with van der Waals surface area (Å²) in [5, 5.41) is 4.90. The summed E-state index contributed by atoms with van der Waals surface area (Å²) in [7, 11) is -2.89. The number of piperidine rings is 1. The van der Waals surface area contributed by atoms with Crippen LogP contribution in [0.5, 0.6) is 0 Å². The molecule has 11 heteroatoms. The first-order valence-corrected chi connectivity index (χ1v) is 10.8. The number of rotatable bonds is 5. The second kappa shape index (κ2) is 9.06. The van der Waals surface area contributed by atoms with Gasteiger partial charge in [0, 0.05) is 31.7 Å². The number of halogens is 3. The van der Waals surface area contributed by atoms with Crippen LogP contribution in [-0.4, -0.2) is 44.7 Å². The van der Waals surface area contributed by atoms with Gasteiger partial charge >= 0.3 is 0 Å². The first-order valence-electron chi connectivity index (χ1n) is 9.41. The van der Waals surface area contributed by atoms with Gasteiger partial charge in [0.2, 0.25) is 15.9 Å². The lowest BCUT2D eigenvalue weighted by molar-refractivity contribution is -0.120. The number of anilines is 1. The predicted octanol–water partition coefficient (Wildman–Crippen LogP) is 2.50. The van der Waals surface area contributed by atoms with E-state index in [-0.39, 0.29) is 37.2 Å². The summed E-state index contributed by atoms with van der Waals surface area (Å²) in [5.41, 5.74) is 0.000200. The van der Waals surface area contributed by atoms with Gasteiger partial charge in [-0.25, -0.2) is 21.6 Å². The third kappa shape index (κ3) is 4.88. The van der Waals surface area contributed by atoms with Crippen LogP contribution in [0.25, 0.3) is 0 Å². The Morgan fingerprint density at radius 2 is 1.65 bits per heavy atom. The SMILES string of the molecule is CNC(=O)c1cc(NC(=O)C2CCN(S(=O)(=O)c3cc(F)ccc3F)CC2)ccc1F. The van der Waals surface area contributed by atoms with Gasteiger partial charge in [0.1, 0.15) is 22.3 Å². The summed E-state index contributed by atoms with van der Waals surface area (Å²) in [6, 6.07) is 5.78. The van der Waals surface area contributed by atoms with Gasteiger partial charge in [0.25, 0.3) is 5.91 Å². The van der Waals surface area contributed by atoms with Crippen molar-refractivity contribution in [2.24, 2.45) is 5.92 Å². The quantitative estimate of drug-likeness (QED) is 0.724. The Labute approximate surface area is 177 Å². The summed E-state index contributed by atoms with van der Waals surface area (Å²) in [6.07, 6.45) is 0.316. The lowest BCUT2D eigenvalue weighted by Crippen LogP contribution is -2.41. The lowest BCUT2D eigenvalue weighted by atomic mass is 9.97. The molecule has 2 aromatic rings. The van der Waals surface area contributed by atoms with Gasteiger partial charge in [-0.2, -0.15) is 4.31 Å². The zero-order valence-corrected chi connectivity index (χ0v) is 17.3. The van der Waals surface area contributed by atoms with Crippen LogP contribution in [0.2, 0.25) is 0 Å². The van der Waals surface area contributed by atoms with Crippen molar-refractivity contribution < 1.29 is 31.2 Å². The third-order valence-corrected chi connectivity index (χ3v) is 6.96. The molecule has 0 radical (unpaired) electrons. The molecule has 7 nitrogen and oxygen atoms in total. The van der Waals surface area contributed by atoms with Crippen LogP contribution in [0.1, 0.15) is 23.2 Å². The molecule has 1 fully saturated rings. The van der Waals surface area contributed by atoms with E-state index >= 15 is 0 Å². The van der Waals surface area contributed by atoms with Gasteiger partial charge in [-0.05, 0) is 49.2 Å². The van der Waals surface area contributed by atoms with Gasteiger partial charge in [-0.1, -0.05) is 0 Å². The maximum absolute atomic E-state index is 13.9. The average Bonchev–Trinajstić information content (AvgIpc) is 2.76. The van der Waals surface area contributed by atoms with E-state index < -0.39 is 50.1 Å². The highest BCUT2D eigenvalue weighted by molar-refractivity contribution is 7.89. The number of carbonyl (C=O) groups is 2. The molecule has 1 heterocycles. The Bertz CT molecular complexity index is 1120. The Morgan fingerprint density at radius 3 is 2.29 bits per heavy atom. The molecule has 3 rings (SSSR count). The Kier molecular flexibility index (Phi) is 6.65. The Balaban J connectivity index is 1.66. The summed E-state index contributed by atoms with van der Waals surface area (Å²) in [4.78, 5) is 23.5. The van der Waals surface area contributed by atoms with E-state index in [4.69, 9.17) is 0 Å². The van der Waals surface area contributed by atoms with Crippen molar-refractivity contribution >= 4 is 27.5 Å². The Morgan fingerprint density at radius 1 is 1.00 bits per heavy atom. The summed E-state index contributed by atoms with van der Waals surface area (Å²) < 4.78 is 67.4. The molecule has 0 saturated carbocycles. The van der Waals surface area contributed by atoms with Crippen molar-refractivity contribution in [3.05, 3.63) is 59.4 Å². The molecule has 2 aromatic carbocycles. The highest BCUT2D eigenvalue weighted by Crippen LogP contribution is 2.27. The summed E-state index contributed by atoms with van der Waals surface area (Å²) in [6.45, 7) is -0.105. The molecule has 0 aliphatic carbocycles. The maximum atomic E-state index is 13.9. The molecule has 166 valence electrons. The molecule has 1 saturated heterocycles. The molecule has 31 heavy (non-hydrogen) atoms. The third-order valence-electron chi connectivity index (χ3n) is 5.04. The van der Waals surface area contributed by atoms with E-state index in [0.717, 1.165) is 22.5 Å². The van der Waals surface area contributed by atoms with Crippen molar-refractivity contribution in [2.45, 2.75) is 17.7 Å². The number of sulfonamides is 1. The van der Waals surface area contributed by atoms with Crippen LogP contribution < -0.4 is 10.6 Å². The van der Waals surface area contributed by atoms with E-state index in [1.54, 1.807) is 0 Å². The number of hydrogen-bond acceptors (Lipinski definition) is 4. The molecular formula is C20H20F3N3O4S. The monoisotopic (exact) mass is 455 g/mol. The largest absolute Gasteiger partial charge is 0.355 e. The van der Waals surface area contributed by atoms with Crippen molar-refractivity contribution in [2.75, 3.05) is 25.5 Å². The van der Waals surface area contributed by atoms with Crippen molar-refractivity contribution in [3.8, 4) is 0 Å². The lowest BCUT2D eigenvalue weighted by Gasteiger charge is -2.30. The van der Waals surface area contributed by atoms with Crippen molar-refractivity contribution in [3.63, 3.8) is 0 Å². The van der Waals surface area contributed by atoms with Crippen LogP contribution in [0.3, 0.4) is 0 Å². The zero-order chi connectivity index (χ0) is 22.8. The summed E-state index contributed by atoms with van der Waals surface area (Å²) >= 11 is 0. The number of hydrogen-bond donors (Lipinski definition) is 2. The highest BCUT2D eigenvalue weighted by atomic mass is 32.2. The van der Waals surface area contributed by atoms with Gasteiger partial charge in [0.15, 0.2) is 0 Å². The average molecular weight is 455 g/mol. The highest BCUT2D eigenvalue weighted by Gasteiger charge is 2.34. The van der Waals surface area contributed by atoms with Crippen molar-refractivity contribution in [1.82, 2.24) is 9.62 Å². The predicted molar refractivity (Wildman–Crippen MR) is 106 cm³/mol. The smallest absolute Gasteiger partial charge is 0.254 e. The molecular weight excluding hydrogens is 435 g/mol. The van der Waals surface area contributed by atoms with Crippen LogP contribution >= 0.6 is 0 Å². The fourth-order valence-corrected chi connectivity index (χ4v) is 4.87. The fourth-order valence-electron chi connectivity index (χ4n) is 3.33. The number of nitrogens with zero attached hydrogens (tertiary/aromatic N) is 1. The molecule has 1 aliphatic heterocycles. The summed E-state index contributed by atoms with van der Waals surface area (Å²) in [5.74, 6) is -4.26. The number of carbonyl (C=O) groups excluding carboxylic acids is 2. The number of nitrogens with one attached hydrogen (secondary N) is 2. The number of benzene rings is 2. The normalized spacial score (nSPS) is 15.5. The molecule has 1 aliphatic rings. The second-order valence-corrected chi connectivity index (χ2v) is 8.92. The molecule has 0 bridgehead atoms. The van der Waals surface area contributed by atoms with Crippen LogP contribution in [0.15, 0.2) is 41.3 Å². The molecule has 2 amide bonds. The molecule has 0 atom stereocenters. The van der Waals surface area contributed by atoms with E-state index in [9.17, 15) is 31.2 Å². The molecule has 2 N–H and O–H groups in total. The minimum Gasteiger partial charge on any atom is -0.355 e. The van der Waals surface area contributed by atoms with E-state index in [1.165, 1.54) is 19.2 Å². The minimum absolute atomic E-state index is 0.0523. The van der Waals surface area contributed by atoms with Gasteiger partial charge in [0.05, 0.1) is 5.56 Å². The topological polar surface area (TPSA) is 95.6 Å². The van der Waals surface area contributed by atoms with E-state index in [1.807, 2.05) is 0 Å². The second-order valence-electron chi connectivity index (χ2n) is 7.02. The number of amides is 2. The standard InChI is InChI=1S/C20H20F3N3O4S/c1-24-20(28)15-11-14(3-5-16(15)22)25-19(27)12-6-8-26(9-7-12)31(29,30)18-10-13(21)2-4-17(18)23/h2-5,10-12H,6-9H2,1H3,(H,24,28)(H,25,27). The molecule has 0 aromatic heterocycles. The first kappa shape index (κ1) is 22.8.